The lowest BCUT2D eigenvalue weighted by molar-refractivity contribution is -0.284. The van der Waals surface area contributed by atoms with E-state index < -0.39 is 53.8 Å². The van der Waals surface area contributed by atoms with E-state index in [1.54, 1.807) is 12.1 Å². The minimum absolute atomic E-state index is 0.162. The summed E-state index contributed by atoms with van der Waals surface area (Å²) in [6.07, 6.45) is -1.52. The quantitative estimate of drug-likeness (QED) is 0.127. The van der Waals surface area contributed by atoms with Crippen LogP contribution in [0.5, 0.6) is 5.75 Å². The number of rotatable bonds is 14. The summed E-state index contributed by atoms with van der Waals surface area (Å²) in [5.41, 5.74) is 1.67. The van der Waals surface area contributed by atoms with Gasteiger partial charge in [-0.15, -0.1) is 0 Å². The summed E-state index contributed by atoms with van der Waals surface area (Å²) >= 11 is -1.43. The molecule has 0 amide bonds. The molecule has 4 rings (SSSR count). The number of phenols is 1. The molecule has 3 aliphatic carbocycles. The lowest BCUT2D eigenvalue weighted by Gasteiger charge is -2.54. The SMILES string of the molecule is CN(CCCCC[C@@H]1Cc2cc(O)ccc2[C@@H]2[C@@H]1[C@@H]1CC[C@H](O)[C@@]1(C)C[C@@H]2F)CCC[S+]([O-])CCCC(F)(F)C(F)(F)F. The van der Waals surface area contributed by atoms with Gasteiger partial charge in [-0.3, -0.25) is 0 Å². The van der Waals surface area contributed by atoms with E-state index in [4.69, 9.17) is 0 Å². The Labute approximate surface area is 254 Å². The van der Waals surface area contributed by atoms with Gasteiger partial charge in [0.15, 0.2) is 0 Å². The highest BCUT2D eigenvalue weighted by molar-refractivity contribution is 7.91. The number of hydrogen-bond donors (Lipinski definition) is 2. The molecule has 1 aromatic rings. The molecule has 0 aliphatic heterocycles. The largest absolute Gasteiger partial charge is 0.616 e. The second kappa shape index (κ2) is 14.1. The first-order valence-electron chi connectivity index (χ1n) is 15.8. The van der Waals surface area contributed by atoms with E-state index in [-0.39, 0.29) is 40.9 Å². The minimum Gasteiger partial charge on any atom is -0.616 e. The highest BCUT2D eigenvalue weighted by atomic mass is 32.2. The molecule has 2 saturated carbocycles. The lowest BCUT2D eigenvalue weighted by Crippen LogP contribution is -2.51. The van der Waals surface area contributed by atoms with Crippen LogP contribution in [0.3, 0.4) is 0 Å². The predicted octanol–water partition coefficient (Wildman–Crippen LogP) is 7.39. The zero-order valence-corrected chi connectivity index (χ0v) is 26.0. The Hall–Kier alpha value is -1.17. The molecule has 43 heavy (non-hydrogen) atoms. The van der Waals surface area contributed by atoms with Gasteiger partial charge in [0.2, 0.25) is 0 Å². The molecule has 11 heteroatoms. The monoisotopic (exact) mass is 639 g/mol. The highest BCUT2D eigenvalue weighted by Gasteiger charge is 2.60. The van der Waals surface area contributed by atoms with Crippen LogP contribution >= 0.6 is 0 Å². The van der Waals surface area contributed by atoms with Gasteiger partial charge in [-0.2, -0.15) is 22.0 Å². The first-order valence-corrected chi connectivity index (χ1v) is 17.2. The molecule has 0 heterocycles. The van der Waals surface area contributed by atoms with Crippen LogP contribution in [0.25, 0.3) is 0 Å². The zero-order valence-electron chi connectivity index (χ0n) is 25.2. The number of aliphatic hydroxyl groups excluding tert-OH is 1. The fourth-order valence-electron chi connectivity index (χ4n) is 8.30. The Bertz CT molecular complexity index is 1060. The number of unbranched alkanes of at least 4 members (excludes halogenated alkanes) is 2. The molecule has 8 atom stereocenters. The number of nitrogens with zero attached hydrogens (tertiary/aromatic N) is 1. The zero-order chi connectivity index (χ0) is 31.6. The van der Waals surface area contributed by atoms with E-state index in [0.29, 0.717) is 19.4 Å². The predicted molar refractivity (Wildman–Crippen MR) is 157 cm³/mol. The molecule has 0 aromatic heterocycles. The van der Waals surface area contributed by atoms with Crippen LogP contribution in [-0.4, -0.2) is 75.7 Å². The smallest absolute Gasteiger partial charge is 0.453 e. The van der Waals surface area contributed by atoms with Gasteiger partial charge >= 0.3 is 12.1 Å². The van der Waals surface area contributed by atoms with Crippen LogP contribution in [0.1, 0.15) is 88.2 Å². The van der Waals surface area contributed by atoms with Gasteiger partial charge < -0.3 is 19.7 Å². The van der Waals surface area contributed by atoms with E-state index in [2.05, 4.69) is 11.8 Å². The highest BCUT2D eigenvalue weighted by Crippen LogP contribution is 2.63. The number of hydrogen-bond acceptors (Lipinski definition) is 4. The number of benzene rings is 1. The van der Waals surface area contributed by atoms with E-state index in [9.17, 15) is 36.7 Å². The summed E-state index contributed by atoms with van der Waals surface area (Å²) in [4.78, 5) is 2.12. The second-order valence-corrected chi connectivity index (χ2v) is 15.2. The first kappa shape index (κ1) is 34.7. The molecular weight excluding hydrogens is 592 g/mol. The van der Waals surface area contributed by atoms with Crippen molar-refractivity contribution in [2.75, 3.05) is 31.6 Å². The Balaban J connectivity index is 1.20. The topological polar surface area (TPSA) is 66.8 Å². The van der Waals surface area contributed by atoms with Crippen molar-refractivity contribution in [1.29, 1.82) is 0 Å². The normalized spacial score (nSPS) is 31.5. The molecule has 0 spiro atoms. The van der Waals surface area contributed by atoms with Gasteiger partial charge in [0.1, 0.15) is 23.4 Å². The maximum Gasteiger partial charge on any atom is 0.453 e. The molecule has 2 N–H and O–H groups in total. The third-order valence-electron chi connectivity index (χ3n) is 10.6. The van der Waals surface area contributed by atoms with E-state index in [1.165, 1.54) is 0 Å². The summed E-state index contributed by atoms with van der Waals surface area (Å²) in [6, 6.07) is 5.35. The fourth-order valence-corrected chi connectivity index (χ4v) is 9.43. The van der Waals surface area contributed by atoms with Crippen LogP contribution in [-0.2, 0) is 17.6 Å². The number of alkyl halides is 6. The number of aliphatic hydroxyl groups is 1. The Morgan fingerprint density at radius 2 is 1.72 bits per heavy atom. The van der Waals surface area contributed by atoms with Crippen molar-refractivity contribution in [2.45, 2.75) is 108 Å². The van der Waals surface area contributed by atoms with Crippen LogP contribution in [0, 0.1) is 23.2 Å². The average molecular weight is 640 g/mol. The van der Waals surface area contributed by atoms with Crippen molar-refractivity contribution < 1.29 is 41.1 Å². The third kappa shape index (κ3) is 7.98. The van der Waals surface area contributed by atoms with Crippen molar-refractivity contribution in [3.05, 3.63) is 29.3 Å². The summed E-state index contributed by atoms with van der Waals surface area (Å²) in [5, 5.41) is 20.9. The first-order chi connectivity index (χ1) is 20.1. The maximum atomic E-state index is 15.9. The molecule has 4 nitrogen and oxygen atoms in total. The Morgan fingerprint density at radius 3 is 2.44 bits per heavy atom. The molecule has 0 saturated heterocycles. The second-order valence-electron chi connectivity index (χ2n) is 13.5. The number of phenolic OH excluding ortho intramolecular Hbond substituents is 1. The molecule has 0 bridgehead atoms. The van der Waals surface area contributed by atoms with E-state index >= 15 is 4.39 Å². The number of aromatic hydroxyl groups is 1. The standard InChI is InChI=1S/C32H47F6NO3S/c1-30-20-26(33)29-24-10-9-23(40)19-22(24)18-21(28(29)25(30)11-12-27(30)41)8-4-3-5-14-39(2)15-7-17-43(42)16-6-13-31(34,35)32(36,37)38/h9-10,19,21,25-29,40-41H,3-8,11-18,20H2,1-2H3/t21-,25+,26+,27+,28+,29+,30+,43?/m1/s1. The van der Waals surface area contributed by atoms with E-state index in [1.807, 2.05) is 13.1 Å². The van der Waals surface area contributed by atoms with Gasteiger partial charge in [0, 0.05) is 25.3 Å². The average Bonchev–Trinajstić information content (AvgIpc) is 3.20. The van der Waals surface area contributed by atoms with Crippen LogP contribution < -0.4 is 0 Å². The Morgan fingerprint density at radius 1 is 1.02 bits per heavy atom. The molecule has 3 aliphatic rings. The van der Waals surface area contributed by atoms with Gasteiger partial charge in [-0.1, -0.05) is 37.0 Å². The minimum atomic E-state index is -5.57. The van der Waals surface area contributed by atoms with Crippen molar-refractivity contribution >= 4 is 11.2 Å². The molecule has 0 radical (unpaired) electrons. The number of fused-ring (bicyclic) bond motifs is 5. The van der Waals surface area contributed by atoms with Gasteiger partial charge in [-0.05, 0) is 105 Å². The van der Waals surface area contributed by atoms with Crippen molar-refractivity contribution in [1.82, 2.24) is 4.90 Å². The molecule has 1 unspecified atom stereocenters. The van der Waals surface area contributed by atoms with Crippen LogP contribution in [0.4, 0.5) is 26.3 Å². The number of halogens is 6. The Kier molecular flexibility index (Phi) is 11.4. The summed E-state index contributed by atoms with van der Waals surface area (Å²) < 4.78 is 90.7. The lowest BCUT2D eigenvalue weighted by atomic mass is 9.51. The van der Waals surface area contributed by atoms with Crippen molar-refractivity contribution in [2.24, 2.45) is 23.2 Å². The maximum absolute atomic E-state index is 15.9. The molecular formula is C32H47F6NO3S. The van der Waals surface area contributed by atoms with Crippen molar-refractivity contribution in [3.8, 4) is 5.75 Å². The third-order valence-corrected chi connectivity index (χ3v) is 12.1. The van der Waals surface area contributed by atoms with Gasteiger partial charge in [0.25, 0.3) is 0 Å². The summed E-state index contributed by atoms with van der Waals surface area (Å²) in [5.74, 6) is -3.88. The van der Waals surface area contributed by atoms with Crippen molar-refractivity contribution in [3.63, 3.8) is 0 Å². The van der Waals surface area contributed by atoms with Gasteiger partial charge in [-0.25, -0.2) is 4.39 Å². The van der Waals surface area contributed by atoms with Gasteiger partial charge in [0.05, 0.1) is 6.10 Å². The summed E-state index contributed by atoms with van der Waals surface area (Å²) in [6.45, 7) is 3.56. The summed E-state index contributed by atoms with van der Waals surface area (Å²) in [7, 11) is 1.96. The van der Waals surface area contributed by atoms with Crippen LogP contribution in [0.2, 0.25) is 0 Å². The van der Waals surface area contributed by atoms with E-state index in [0.717, 1.165) is 62.6 Å². The fraction of sp³-hybridized carbons (Fsp3) is 0.812. The molecule has 1 aromatic carbocycles. The molecule has 2 fully saturated rings. The van der Waals surface area contributed by atoms with Crippen LogP contribution in [0.15, 0.2) is 18.2 Å². The molecule has 246 valence electrons.